The van der Waals surface area contributed by atoms with Gasteiger partial charge in [-0.3, -0.25) is 0 Å². The van der Waals surface area contributed by atoms with Crippen molar-refractivity contribution in [3.05, 3.63) is 41.7 Å². The Morgan fingerprint density at radius 1 is 0.938 bits per heavy atom. The van der Waals surface area contributed by atoms with Crippen molar-refractivity contribution in [2.75, 3.05) is 0 Å². The standard InChI is InChI=1S/C12H13N.3ClH/c1-2-7-12-10(5-1)9-11-6-3-4-8-13(11)12;;;/h3-4,6,8-9H,1-2,5,7H2;3*1H. The molecule has 0 saturated carbocycles. The minimum absolute atomic E-state index is 0. The number of aryl methyl sites for hydroxylation is 2. The first kappa shape index (κ1) is 15.6. The molecule has 0 radical (unpaired) electrons. The van der Waals surface area contributed by atoms with Crippen LogP contribution in [0.15, 0.2) is 30.5 Å². The predicted molar refractivity (Wildman–Crippen MR) is 75.8 cm³/mol. The highest BCUT2D eigenvalue weighted by molar-refractivity contribution is 5.86. The fraction of sp³-hybridized carbons (Fsp3) is 0.333. The Bertz CT molecular complexity index is 450. The summed E-state index contributed by atoms with van der Waals surface area (Å²) in [7, 11) is 0. The van der Waals surface area contributed by atoms with Crippen molar-refractivity contribution < 1.29 is 0 Å². The van der Waals surface area contributed by atoms with E-state index in [1.807, 2.05) is 0 Å². The maximum absolute atomic E-state index is 2.34. The van der Waals surface area contributed by atoms with Crippen LogP contribution in [-0.4, -0.2) is 4.40 Å². The van der Waals surface area contributed by atoms with Gasteiger partial charge in [0.05, 0.1) is 0 Å². The van der Waals surface area contributed by atoms with E-state index in [9.17, 15) is 0 Å². The molecule has 0 fully saturated rings. The number of halogens is 3. The summed E-state index contributed by atoms with van der Waals surface area (Å²) in [5.74, 6) is 0. The fourth-order valence-electron chi connectivity index (χ4n) is 2.34. The third kappa shape index (κ3) is 2.48. The third-order valence-electron chi connectivity index (χ3n) is 2.98. The molecule has 0 aliphatic heterocycles. The lowest BCUT2D eigenvalue weighted by Crippen LogP contribution is -2.02. The van der Waals surface area contributed by atoms with Crippen molar-refractivity contribution in [1.29, 1.82) is 0 Å². The molecule has 2 aromatic heterocycles. The molecule has 0 aromatic carbocycles. The molecule has 4 heteroatoms. The predicted octanol–water partition coefficient (Wildman–Crippen LogP) is 4.08. The van der Waals surface area contributed by atoms with E-state index in [1.54, 1.807) is 11.3 Å². The summed E-state index contributed by atoms with van der Waals surface area (Å²) in [4.78, 5) is 0. The van der Waals surface area contributed by atoms with Crippen LogP contribution in [0.5, 0.6) is 0 Å². The number of fused-ring (bicyclic) bond motifs is 3. The average molecular weight is 281 g/mol. The Morgan fingerprint density at radius 2 is 1.69 bits per heavy atom. The smallest absolute Gasteiger partial charge is 0.0455 e. The normalized spacial score (nSPS) is 13.0. The van der Waals surface area contributed by atoms with Crippen molar-refractivity contribution >= 4 is 42.7 Å². The van der Waals surface area contributed by atoms with Crippen molar-refractivity contribution in [2.24, 2.45) is 0 Å². The van der Waals surface area contributed by atoms with Gasteiger partial charge in [-0.1, -0.05) is 6.07 Å². The summed E-state index contributed by atoms with van der Waals surface area (Å²) in [6, 6.07) is 8.76. The summed E-state index contributed by atoms with van der Waals surface area (Å²) >= 11 is 0. The minimum atomic E-state index is 0. The summed E-state index contributed by atoms with van der Waals surface area (Å²) in [5.41, 5.74) is 4.47. The highest BCUT2D eigenvalue weighted by Gasteiger charge is 2.12. The molecular formula is C12H16Cl3N. The topological polar surface area (TPSA) is 4.41 Å². The van der Waals surface area contributed by atoms with E-state index < -0.39 is 0 Å². The molecule has 0 atom stereocenters. The van der Waals surface area contributed by atoms with Crippen LogP contribution in [0.4, 0.5) is 0 Å². The highest BCUT2D eigenvalue weighted by atomic mass is 35.5. The second-order valence-corrected chi connectivity index (χ2v) is 3.82. The fourth-order valence-corrected chi connectivity index (χ4v) is 2.34. The Hall–Kier alpha value is -0.370. The first-order valence-corrected chi connectivity index (χ1v) is 5.03. The van der Waals surface area contributed by atoms with Crippen molar-refractivity contribution in [3.63, 3.8) is 0 Å². The molecule has 2 aromatic rings. The van der Waals surface area contributed by atoms with Crippen LogP contribution < -0.4 is 0 Å². The molecule has 2 heterocycles. The maximum Gasteiger partial charge on any atom is 0.0455 e. The Morgan fingerprint density at radius 3 is 2.50 bits per heavy atom. The van der Waals surface area contributed by atoms with Gasteiger partial charge in [-0.25, -0.2) is 0 Å². The molecular weight excluding hydrogens is 264 g/mol. The summed E-state index contributed by atoms with van der Waals surface area (Å²) in [5, 5.41) is 0. The second kappa shape index (κ2) is 6.39. The number of aromatic nitrogens is 1. The number of hydrogen-bond donors (Lipinski definition) is 0. The zero-order chi connectivity index (χ0) is 8.67. The number of hydrogen-bond acceptors (Lipinski definition) is 0. The van der Waals surface area contributed by atoms with Crippen LogP contribution in [0.1, 0.15) is 24.1 Å². The van der Waals surface area contributed by atoms with Crippen molar-refractivity contribution in [1.82, 2.24) is 4.40 Å². The van der Waals surface area contributed by atoms with E-state index in [0.717, 1.165) is 0 Å². The van der Waals surface area contributed by atoms with Gasteiger partial charge in [0.15, 0.2) is 0 Å². The molecule has 1 aliphatic rings. The lowest BCUT2D eigenvalue weighted by atomic mass is 9.98. The molecule has 3 rings (SSSR count). The van der Waals surface area contributed by atoms with Gasteiger partial charge in [-0.15, -0.1) is 37.2 Å². The van der Waals surface area contributed by atoms with Crippen molar-refractivity contribution in [2.45, 2.75) is 25.7 Å². The number of nitrogens with zero attached hydrogens (tertiary/aromatic N) is 1. The Labute approximate surface area is 114 Å². The number of pyridine rings is 1. The molecule has 0 spiro atoms. The molecule has 16 heavy (non-hydrogen) atoms. The lowest BCUT2D eigenvalue weighted by Gasteiger charge is -2.11. The monoisotopic (exact) mass is 279 g/mol. The lowest BCUT2D eigenvalue weighted by molar-refractivity contribution is 0.669. The molecule has 90 valence electrons. The van der Waals surface area contributed by atoms with E-state index in [4.69, 9.17) is 0 Å². The van der Waals surface area contributed by atoms with Crippen LogP contribution in [0.2, 0.25) is 0 Å². The average Bonchev–Trinajstić information content (AvgIpc) is 2.56. The van der Waals surface area contributed by atoms with Gasteiger partial charge in [0.1, 0.15) is 0 Å². The molecule has 0 bridgehead atoms. The second-order valence-electron chi connectivity index (χ2n) is 3.82. The van der Waals surface area contributed by atoms with Gasteiger partial charge in [-0.05, 0) is 49.4 Å². The summed E-state index contributed by atoms with van der Waals surface area (Å²) < 4.78 is 2.34. The third-order valence-corrected chi connectivity index (χ3v) is 2.98. The summed E-state index contributed by atoms with van der Waals surface area (Å²) in [6.45, 7) is 0. The minimum Gasteiger partial charge on any atom is -0.321 e. The van der Waals surface area contributed by atoms with Gasteiger partial charge in [0, 0.05) is 17.4 Å². The highest BCUT2D eigenvalue weighted by Crippen LogP contribution is 2.24. The van der Waals surface area contributed by atoms with E-state index >= 15 is 0 Å². The molecule has 1 aliphatic carbocycles. The van der Waals surface area contributed by atoms with Gasteiger partial charge in [0.2, 0.25) is 0 Å². The molecule has 0 N–H and O–H groups in total. The van der Waals surface area contributed by atoms with E-state index in [-0.39, 0.29) is 37.2 Å². The van der Waals surface area contributed by atoms with Crippen LogP contribution in [-0.2, 0) is 12.8 Å². The SMILES string of the molecule is Cl.Cl.Cl.c1ccn2c3c(cc2c1)CCCC3. The van der Waals surface area contributed by atoms with Crippen LogP contribution in [0, 0.1) is 0 Å². The largest absolute Gasteiger partial charge is 0.321 e. The van der Waals surface area contributed by atoms with Gasteiger partial charge >= 0.3 is 0 Å². The zero-order valence-electron chi connectivity index (χ0n) is 8.89. The molecule has 0 amide bonds. The Kier molecular flexibility index (Phi) is 6.24. The van der Waals surface area contributed by atoms with Crippen LogP contribution >= 0.6 is 37.2 Å². The Balaban J connectivity index is 0.000000750. The molecule has 0 saturated heterocycles. The van der Waals surface area contributed by atoms with Crippen molar-refractivity contribution in [3.8, 4) is 0 Å². The van der Waals surface area contributed by atoms with Crippen LogP contribution in [0.3, 0.4) is 0 Å². The number of rotatable bonds is 0. The van der Waals surface area contributed by atoms with Gasteiger partial charge in [0.25, 0.3) is 0 Å². The first-order valence-electron chi connectivity index (χ1n) is 5.03. The first-order chi connectivity index (χ1) is 6.45. The molecule has 0 unspecified atom stereocenters. The van der Waals surface area contributed by atoms with E-state index in [0.29, 0.717) is 0 Å². The summed E-state index contributed by atoms with van der Waals surface area (Å²) in [6.07, 6.45) is 7.43. The van der Waals surface area contributed by atoms with Gasteiger partial charge in [-0.2, -0.15) is 0 Å². The van der Waals surface area contributed by atoms with Gasteiger partial charge < -0.3 is 4.40 Å². The van der Waals surface area contributed by atoms with E-state index in [1.165, 1.54) is 31.2 Å². The quantitative estimate of drug-likeness (QED) is 0.685. The van der Waals surface area contributed by atoms with Crippen LogP contribution in [0.25, 0.3) is 5.52 Å². The van der Waals surface area contributed by atoms with E-state index in [2.05, 4.69) is 34.9 Å². The molecule has 1 nitrogen and oxygen atoms in total. The maximum atomic E-state index is 2.34. The zero-order valence-corrected chi connectivity index (χ0v) is 11.3.